The van der Waals surface area contributed by atoms with Crippen molar-refractivity contribution in [2.24, 2.45) is 0 Å². The minimum absolute atomic E-state index is 0.204. The Labute approximate surface area is 131 Å². The first-order valence-electron chi connectivity index (χ1n) is 6.49. The molecular formula is C16H13ClFNO3. The van der Waals surface area contributed by atoms with E-state index in [1.54, 1.807) is 24.3 Å². The average Bonchev–Trinajstić information content (AvgIpc) is 2.51. The summed E-state index contributed by atoms with van der Waals surface area (Å²) in [5, 5.41) is 3.15. The van der Waals surface area contributed by atoms with Gasteiger partial charge in [-0.15, -0.1) is 0 Å². The van der Waals surface area contributed by atoms with Crippen LogP contribution in [0.5, 0.6) is 0 Å². The zero-order valence-electron chi connectivity index (χ0n) is 11.5. The van der Waals surface area contributed by atoms with Crippen LogP contribution in [0.2, 0.25) is 5.02 Å². The fourth-order valence-electron chi connectivity index (χ4n) is 1.73. The maximum absolute atomic E-state index is 13.4. The number of ether oxygens (including phenoxy) is 1. The molecule has 22 heavy (non-hydrogen) atoms. The molecule has 0 aliphatic rings. The molecule has 0 heterocycles. The lowest BCUT2D eigenvalue weighted by Crippen LogP contribution is -2.28. The summed E-state index contributed by atoms with van der Waals surface area (Å²) in [5.41, 5.74) is 0.617. The van der Waals surface area contributed by atoms with E-state index in [9.17, 15) is 14.0 Å². The lowest BCUT2D eigenvalue weighted by molar-refractivity contribution is -0.124. The third kappa shape index (κ3) is 4.56. The van der Waals surface area contributed by atoms with Crippen molar-refractivity contribution in [1.82, 2.24) is 5.32 Å². The lowest BCUT2D eigenvalue weighted by atomic mass is 10.2. The molecule has 0 aliphatic carbocycles. The highest BCUT2D eigenvalue weighted by molar-refractivity contribution is 6.30. The van der Waals surface area contributed by atoms with Crippen LogP contribution in [-0.2, 0) is 16.1 Å². The fraction of sp³-hybridized carbons (Fsp3) is 0.125. The zero-order valence-corrected chi connectivity index (χ0v) is 12.3. The number of amides is 1. The quantitative estimate of drug-likeness (QED) is 0.861. The molecule has 0 radical (unpaired) electrons. The molecule has 0 spiro atoms. The number of esters is 1. The van der Waals surface area contributed by atoms with Crippen LogP contribution in [0.15, 0.2) is 48.5 Å². The van der Waals surface area contributed by atoms with Gasteiger partial charge in [0.25, 0.3) is 5.91 Å². The normalized spacial score (nSPS) is 10.1. The van der Waals surface area contributed by atoms with Crippen molar-refractivity contribution in [2.45, 2.75) is 6.54 Å². The fourth-order valence-corrected chi connectivity index (χ4v) is 1.95. The topological polar surface area (TPSA) is 55.4 Å². The zero-order chi connectivity index (χ0) is 15.9. The molecule has 4 nitrogen and oxygen atoms in total. The first-order valence-corrected chi connectivity index (χ1v) is 6.87. The van der Waals surface area contributed by atoms with E-state index in [0.717, 1.165) is 11.6 Å². The monoisotopic (exact) mass is 321 g/mol. The molecule has 0 bridgehead atoms. The number of nitrogens with one attached hydrogen (secondary N) is 1. The number of halogens is 2. The number of hydrogen-bond donors (Lipinski definition) is 1. The third-order valence-electron chi connectivity index (χ3n) is 2.81. The Bertz CT molecular complexity index is 691. The van der Waals surface area contributed by atoms with Gasteiger partial charge in [-0.3, -0.25) is 4.79 Å². The van der Waals surface area contributed by atoms with Gasteiger partial charge in [0, 0.05) is 11.6 Å². The van der Waals surface area contributed by atoms with E-state index in [4.69, 9.17) is 16.3 Å². The average molecular weight is 322 g/mol. The maximum atomic E-state index is 13.4. The van der Waals surface area contributed by atoms with Crippen LogP contribution in [0.3, 0.4) is 0 Å². The highest BCUT2D eigenvalue weighted by atomic mass is 35.5. The van der Waals surface area contributed by atoms with E-state index < -0.39 is 24.3 Å². The Balaban J connectivity index is 1.81. The second kappa shape index (κ2) is 7.56. The summed E-state index contributed by atoms with van der Waals surface area (Å²) in [4.78, 5) is 23.2. The molecule has 0 saturated heterocycles. The second-order valence-electron chi connectivity index (χ2n) is 4.46. The van der Waals surface area contributed by atoms with Crippen molar-refractivity contribution in [3.05, 3.63) is 70.5 Å². The molecule has 0 fully saturated rings. The summed E-state index contributed by atoms with van der Waals surface area (Å²) in [5.74, 6) is -2.05. The second-order valence-corrected chi connectivity index (χ2v) is 4.90. The van der Waals surface area contributed by atoms with Gasteiger partial charge in [-0.05, 0) is 29.8 Å². The van der Waals surface area contributed by atoms with Crippen molar-refractivity contribution >= 4 is 23.5 Å². The Morgan fingerprint density at radius 3 is 2.64 bits per heavy atom. The van der Waals surface area contributed by atoms with Crippen molar-refractivity contribution in [2.75, 3.05) is 6.61 Å². The molecule has 1 N–H and O–H groups in total. The maximum Gasteiger partial charge on any atom is 0.341 e. The molecule has 0 atom stereocenters. The highest BCUT2D eigenvalue weighted by Gasteiger charge is 2.13. The predicted molar refractivity (Wildman–Crippen MR) is 80.0 cm³/mol. The van der Waals surface area contributed by atoms with Crippen LogP contribution in [0.4, 0.5) is 4.39 Å². The van der Waals surface area contributed by atoms with Gasteiger partial charge in [0.2, 0.25) is 0 Å². The summed E-state index contributed by atoms with van der Waals surface area (Å²) in [7, 11) is 0. The number of rotatable bonds is 5. The molecule has 0 unspecified atom stereocenters. The molecular weight excluding hydrogens is 309 g/mol. The van der Waals surface area contributed by atoms with Crippen molar-refractivity contribution in [3.8, 4) is 0 Å². The predicted octanol–water partition coefficient (Wildman–Crippen LogP) is 2.95. The number of hydrogen-bond acceptors (Lipinski definition) is 3. The van der Waals surface area contributed by atoms with E-state index in [1.807, 2.05) is 0 Å². The summed E-state index contributed by atoms with van der Waals surface area (Å²) in [6.07, 6.45) is 0. The minimum Gasteiger partial charge on any atom is -0.452 e. The van der Waals surface area contributed by atoms with Crippen LogP contribution in [-0.4, -0.2) is 18.5 Å². The SMILES string of the molecule is O=C(COC(=O)c1ccccc1F)NCc1cccc(Cl)c1. The smallest absolute Gasteiger partial charge is 0.341 e. The lowest BCUT2D eigenvalue weighted by Gasteiger charge is -2.07. The summed E-state index contributed by atoms with van der Waals surface area (Å²) < 4.78 is 18.1. The summed E-state index contributed by atoms with van der Waals surface area (Å²) in [6, 6.07) is 12.4. The van der Waals surface area contributed by atoms with Gasteiger partial charge in [0.1, 0.15) is 5.82 Å². The van der Waals surface area contributed by atoms with Crippen molar-refractivity contribution < 1.29 is 18.7 Å². The van der Waals surface area contributed by atoms with Gasteiger partial charge < -0.3 is 10.1 Å². The van der Waals surface area contributed by atoms with Gasteiger partial charge in [-0.2, -0.15) is 0 Å². The van der Waals surface area contributed by atoms with E-state index in [-0.39, 0.29) is 12.1 Å². The Morgan fingerprint density at radius 2 is 1.91 bits per heavy atom. The van der Waals surface area contributed by atoms with E-state index in [1.165, 1.54) is 18.2 Å². The van der Waals surface area contributed by atoms with E-state index in [2.05, 4.69) is 5.32 Å². The number of carbonyl (C=O) groups is 2. The first kappa shape index (κ1) is 16.0. The van der Waals surface area contributed by atoms with Crippen LogP contribution >= 0.6 is 11.6 Å². The Hall–Kier alpha value is -2.40. The largest absolute Gasteiger partial charge is 0.452 e. The molecule has 114 valence electrons. The van der Waals surface area contributed by atoms with Gasteiger partial charge in [0.05, 0.1) is 5.56 Å². The van der Waals surface area contributed by atoms with Gasteiger partial charge in [-0.25, -0.2) is 9.18 Å². The van der Waals surface area contributed by atoms with Gasteiger partial charge >= 0.3 is 5.97 Å². The molecule has 1 amide bonds. The minimum atomic E-state index is -0.879. The molecule has 0 saturated carbocycles. The molecule has 0 aliphatic heterocycles. The van der Waals surface area contributed by atoms with E-state index in [0.29, 0.717) is 5.02 Å². The number of benzene rings is 2. The van der Waals surface area contributed by atoms with Gasteiger partial charge in [-0.1, -0.05) is 35.9 Å². The highest BCUT2D eigenvalue weighted by Crippen LogP contribution is 2.10. The number of carbonyl (C=O) groups excluding carboxylic acids is 2. The first-order chi connectivity index (χ1) is 10.6. The molecule has 2 aromatic rings. The van der Waals surface area contributed by atoms with Crippen molar-refractivity contribution in [1.29, 1.82) is 0 Å². The Morgan fingerprint density at radius 1 is 1.14 bits per heavy atom. The molecule has 2 rings (SSSR count). The summed E-state index contributed by atoms with van der Waals surface area (Å²) >= 11 is 5.83. The van der Waals surface area contributed by atoms with Crippen LogP contribution in [0, 0.1) is 5.82 Å². The van der Waals surface area contributed by atoms with Gasteiger partial charge in [0.15, 0.2) is 6.61 Å². The third-order valence-corrected chi connectivity index (χ3v) is 3.04. The van der Waals surface area contributed by atoms with Crippen LogP contribution in [0.1, 0.15) is 15.9 Å². The molecule has 6 heteroatoms. The van der Waals surface area contributed by atoms with Crippen LogP contribution < -0.4 is 5.32 Å². The van der Waals surface area contributed by atoms with E-state index >= 15 is 0 Å². The van der Waals surface area contributed by atoms with Crippen molar-refractivity contribution in [3.63, 3.8) is 0 Å². The Kier molecular flexibility index (Phi) is 5.49. The summed E-state index contributed by atoms with van der Waals surface area (Å²) in [6.45, 7) is -0.218. The standard InChI is InChI=1S/C16H13ClFNO3/c17-12-5-3-4-11(8-12)9-19-15(20)10-22-16(21)13-6-1-2-7-14(13)18/h1-8H,9-10H2,(H,19,20). The molecule has 0 aromatic heterocycles. The molecule has 2 aromatic carbocycles. The van der Waals surface area contributed by atoms with Crippen LogP contribution in [0.25, 0.3) is 0 Å².